The van der Waals surface area contributed by atoms with Gasteiger partial charge < -0.3 is 5.73 Å². The van der Waals surface area contributed by atoms with E-state index in [0.29, 0.717) is 0 Å². The average Bonchev–Trinajstić information content (AvgIpc) is 1.33. The van der Waals surface area contributed by atoms with Crippen molar-refractivity contribution in [3.05, 3.63) is 0 Å². The van der Waals surface area contributed by atoms with Gasteiger partial charge in [-0.25, -0.2) is 0 Å². The van der Waals surface area contributed by atoms with Crippen LogP contribution in [0.5, 0.6) is 0 Å². The number of hydrogen-bond donors (Lipinski definition) is 3. The molecule has 0 aliphatic heterocycles. The second-order valence-electron chi connectivity index (χ2n) is 0.872. The molecule has 2 radical (unpaired) electrons. The molecule has 0 saturated carbocycles. The van der Waals surface area contributed by atoms with Crippen molar-refractivity contribution in [1.29, 1.82) is 5.41 Å². The van der Waals surface area contributed by atoms with Crippen molar-refractivity contribution in [1.82, 2.24) is 4.34 Å². The van der Waals surface area contributed by atoms with Crippen molar-refractivity contribution in [3.63, 3.8) is 0 Å². The molecule has 0 aromatic carbocycles. The van der Waals surface area contributed by atoms with Crippen LogP contribution in [0.2, 0.25) is 0 Å². The third-order valence-electron chi connectivity index (χ3n) is 0. The SMILES string of the molecule is CC(=N)N.CNBr.[CsH].[PbH2]. The monoisotopic (exact) mass is 511 g/mol. The van der Waals surface area contributed by atoms with Crippen molar-refractivity contribution in [3.8, 4) is 0 Å². The van der Waals surface area contributed by atoms with Crippen LogP contribution in [0, 0.1) is 5.41 Å². The van der Waals surface area contributed by atoms with Gasteiger partial charge in [0.1, 0.15) is 0 Å². The van der Waals surface area contributed by atoms with Gasteiger partial charge in [0.2, 0.25) is 0 Å². The Bertz CT molecular complexity index is 50.3. The van der Waals surface area contributed by atoms with E-state index in [4.69, 9.17) is 11.1 Å². The summed E-state index contributed by atoms with van der Waals surface area (Å²) in [5.41, 5.74) is 4.69. The molecule has 0 saturated heterocycles. The maximum atomic E-state index is 6.28. The van der Waals surface area contributed by atoms with Gasteiger partial charge in [0.25, 0.3) is 0 Å². The predicted octanol–water partition coefficient (Wildman–Crippen LogP) is -1.11. The number of nitrogens with two attached hydrogens (primary N) is 1. The van der Waals surface area contributed by atoms with E-state index in [1.54, 1.807) is 7.05 Å². The molecule has 0 aliphatic rings. The van der Waals surface area contributed by atoms with Crippen LogP contribution in [-0.2, 0) is 0 Å². The molecule has 0 amide bonds. The van der Waals surface area contributed by atoms with Gasteiger partial charge in [-0.15, -0.1) is 0 Å². The van der Waals surface area contributed by atoms with Crippen molar-refractivity contribution in [2.75, 3.05) is 7.05 Å². The normalized spacial score (nSPS) is 4.78. The first-order chi connectivity index (χ1) is 3.15. The minimum absolute atomic E-state index is 0. The molecule has 0 rings (SSSR count). The fraction of sp³-hybridized carbons (Fsp3) is 0.667. The molecule has 0 heterocycles. The van der Waals surface area contributed by atoms with Crippen LogP contribution in [0.3, 0.4) is 0 Å². The maximum absolute atomic E-state index is 6.28. The molecule has 0 atom stereocenters. The van der Waals surface area contributed by atoms with Crippen LogP contribution in [-0.4, -0.2) is 109 Å². The van der Waals surface area contributed by atoms with E-state index in [0.717, 1.165) is 0 Å². The second-order valence-corrected chi connectivity index (χ2v) is 1.66. The molecule has 0 aromatic heterocycles. The molecule has 0 aliphatic carbocycles. The van der Waals surface area contributed by atoms with Crippen LogP contribution >= 0.6 is 16.1 Å². The van der Waals surface area contributed by atoms with Gasteiger partial charge >= 0.3 is 96.2 Å². The molecule has 0 bridgehead atoms. The minimum atomic E-state index is 0. The summed E-state index contributed by atoms with van der Waals surface area (Å²) in [4.78, 5) is 0. The van der Waals surface area contributed by atoms with E-state index < -0.39 is 0 Å². The summed E-state index contributed by atoms with van der Waals surface area (Å²) in [6.45, 7) is 1.53. The van der Waals surface area contributed by atoms with Gasteiger partial charge in [-0.1, -0.05) is 0 Å². The number of nitrogens with one attached hydrogen (secondary N) is 2. The van der Waals surface area contributed by atoms with Crippen LogP contribution in [0.15, 0.2) is 0 Å². The van der Waals surface area contributed by atoms with Gasteiger partial charge in [0.15, 0.2) is 0 Å². The summed E-state index contributed by atoms with van der Waals surface area (Å²) < 4.78 is 2.56. The average molecular weight is 511 g/mol. The van der Waals surface area contributed by atoms with Crippen molar-refractivity contribution >= 4 is 118 Å². The van der Waals surface area contributed by atoms with E-state index in [1.807, 2.05) is 0 Å². The zero-order chi connectivity index (χ0) is 6.28. The number of halogens is 1. The fourth-order valence-corrected chi connectivity index (χ4v) is 0. The van der Waals surface area contributed by atoms with Crippen LogP contribution in [0.25, 0.3) is 0 Å². The molecule has 0 spiro atoms. The Morgan fingerprint density at radius 3 is 1.67 bits per heavy atom. The quantitative estimate of drug-likeness (QED) is 0.168. The molecule has 52 valence electrons. The summed E-state index contributed by atoms with van der Waals surface area (Å²) in [6.07, 6.45) is 0. The molecule has 0 unspecified atom stereocenters. The standard InChI is InChI=1S/C2H6N2.CH4BrN.Cs.Pb.3H/c1-2(3)4;1-3-2;;;;;/h1H3,(H3,3,4);3H,1H3;;;;;. The van der Waals surface area contributed by atoms with Crippen LogP contribution in [0.1, 0.15) is 6.92 Å². The molecule has 4 N–H and O–H groups in total. The van der Waals surface area contributed by atoms with Gasteiger partial charge in [-0.2, -0.15) is 0 Å². The van der Waals surface area contributed by atoms with Gasteiger partial charge in [0, 0.05) is 16.1 Å². The first-order valence-corrected chi connectivity index (χ1v) is 2.52. The summed E-state index contributed by atoms with van der Waals surface area (Å²) in [7, 11) is 1.79. The van der Waals surface area contributed by atoms with E-state index in [1.165, 1.54) is 6.92 Å². The Morgan fingerprint density at radius 2 is 1.67 bits per heavy atom. The number of rotatable bonds is 0. The van der Waals surface area contributed by atoms with Gasteiger partial charge in [0.05, 0.1) is 5.84 Å². The molecule has 0 fully saturated rings. The van der Waals surface area contributed by atoms with Crippen molar-refractivity contribution < 1.29 is 0 Å². The van der Waals surface area contributed by atoms with E-state index in [9.17, 15) is 0 Å². The van der Waals surface area contributed by atoms with E-state index in [-0.39, 0.29) is 102 Å². The molecule has 3 nitrogen and oxygen atoms in total. The second kappa shape index (κ2) is 22.4. The molecule has 9 heavy (non-hydrogen) atoms. The van der Waals surface area contributed by atoms with E-state index in [2.05, 4.69) is 20.5 Å². The first kappa shape index (κ1) is 22.6. The predicted molar refractivity (Wildman–Crippen MR) is 51.3 cm³/mol. The summed E-state index contributed by atoms with van der Waals surface area (Å²) in [5, 5.41) is 6.28. The van der Waals surface area contributed by atoms with Crippen LogP contribution < -0.4 is 10.1 Å². The Balaban J connectivity index is -0.0000000233. The summed E-state index contributed by atoms with van der Waals surface area (Å²) in [6, 6.07) is 0. The molecule has 6 heteroatoms. The van der Waals surface area contributed by atoms with Gasteiger partial charge in [-0.05, 0) is 14.0 Å². The number of amidine groups is 1. The zero-order valence-corrected chi connectivity index (χ0v) is 12.2. The van der Waals surface area contributed by atoms with Gasteiger partial charge in [-0.3, -0.25) is 9.75 Å². The molecular formula is C3H13BrCsN3Pb. The Morgan fingerprint density at radius 1 is 1.67 bits per heavy atom. The third-order valence-corrected chi connectivity index (χ3v) is 0. The zero-order valence-electron chi connectivity index (χ0n) is 5.16. The summed E-state index contributed by atoms with van der Waals surface area (Å²) in [5.74, 6) is 0.167. The Labute approximate surface area is 144 Å². The van der Waals surface area contributed by atoms with Crippen LogP contribution in [0.4, 0.5) is 0 Å². The van der Waals surface area contributed by atoms with Crippen molar-refractivity contribution in [2.24, 2.45) is 5.73 Å². The fourth-order valence-electron chi connectivity index (χ4n) is 0. The summed E-state index contributed by atoms with van der Waals surface area (Å²) >= 11 is 2.90. The first-order valence-electron chi connectivity index (χ1n) is 1.73. The Kier molecular flexibility index (Phi) is 56.5. The van der Waals surface area contributed by atoms with E-state index >= 15 is 0 Å². The third kappa shape index (κ3) is 103. The number of hydrogen-bond acceptors (Lipinski definition) is 2. The topological polar surface area (TPSA) is 61.9 Å². The van der Waals surface area contributed by atoms with Crippen molar-refractivity contribution in [2.45, 2.75) is 6.92 Å². The Hall–Kier alpha value is 2.88. The molecule has 0 aromatic rings. The molecular weight excluding hydrogens is 498 g/mol.